The topological polar surface area (TPSA) is 110 Å². The van der Waals surface area contributed by atoms with Gasteiger partial charge < -0.3 is 19.7 Å². The lowest BCUT2D eigenvalue weighted by Crippen LogP contribution is -2.27. The number of nitrogens with one attached hydrogen (secondary N) is 2. The molecular weight excluding hydrogens is 350 g/mol. The van der Waals surface area contributed by atoms with Gasteiger partial charge in [-0.05, 0) is 44.5 Å². The summed E-state index contributed by atoms with van der Waals surface area (Å²) in [4.78, 5) is 35.0. The summed E-state index contributed by atoms with van der Waals surface area (Å²) in [7, 11) is 1.69. The number of hydrogen-bond donors (Lipinski definition) is 3. The van der Waals surface area contributed by atoms with Crippen LogP contribution in [-0.2, 0) is 18.3 Å². The van der Waals surface area contributed by atoms with Crippen LogP contribution in [0, 0.1) is 0 Å². The molecule has 0 bridgehead atoms. The number of carboxylic acids is 1. The van der Waals surface area contributed by atoms with Crippen LogP contribution in [0.25, 0.3) is 0 Å². The van der Waals surface area contributed by atoms with Gasteiger partial charge in [-0.3, -0.25) is 10.1 Å². The first-order valence-electron chi connectivity index (χ1n) is 8.32. The van der Waals surface area contributed by atoms with E-state index < -0.39 is 17.7 Å². The number of nitrogens with zero attached hydrogens (tertiary/aromatic N) is 1. The summed E-state index contributed by atoms with van der Waals surface area (Å²) in [5.74, 6) is -1.32. The van der Waals surface area contributed by atoms with Gasteiger partial charge in [-0.2, -0.15) is 0 Å². The quantitative estimate of drug-likeness (QED) is 0.746. The normalized spacial score (nSPS) is 11.0. The molecule has 8 heteroatoms. The molecule has 0 radical (unpaired) electrons. The number of aromatic nitrogens is 1. The van der Waals surface area contributed by atoms with Crippen molar-refractivity contribution in [2.45, 2.75) is 32.9 Å². The summed E-state index contributed by atoms with van der Waals surface area (Å²) < 4.78 is 6.77. The minimum absolute atomic E-state index is 0.186. The average Bonchev–Trinajstić information content (AvgIpc) is 2.91. The molecule has 0 aliphatic carbocycles. The summed E-state index contributed by atoms with van der Waals surface area (Å²) in [5, 5.41) is 14.2. The number of carbonyl (C=O) groups excluding carboxylic acids is 2. The number of hydrogen-bond acceptors (Lipinski definition) is 4. The maximum atomic E-state index is 12.4. The van der Waals surface area contributed by atoms with Crippen molar-refractivity contribution in [3.8, 4) is 0 Å². The molecule has 0 saturated heterocycles. The summed E-state index contributed by atoms with van der Waals surface area (Å²) in [6, 6.07) is 7.80. The number of aromatic carboxylic acids is 1. The van der Waals surface area contributed by atoms with Gasteiger partial charge >= 0.3 is 12.1 Å². The van der Waals surface area contributed by atoms with Crippen molar-refractivity contribution >= 4 is 23.7 Å². The average molecular weight is 373 g/mol. The molecule has 0 atom stereocenters. The summed E-state index contributed by atoms with van der Waals surface area (Å²) >= 11 is 0. The Hall–Kier alpha value is -3.29. The molecular formula is C19H23N3O5. The lowest BCUT2D eigenvalue weighted by Gasteiger charge is -2.19. The van der Waals surface area contributed by atoms with Crippen LogP contribution >= 0.6 is 0 Å². The molecule has 0 fully saturated rings. The molecule has 0 unspecified atom stereocenters. The van der Waals surface area contributed by atoms with Crippen LogP contribution in [0.1, 0.15) is 47.2 Å². The lowest BCUT2D eigenvalue weighted by atomic mass is 10.1. The van der Waals surface area contributed by atoms with Gasteiger partial charge in [0.05, 0.1) is 11.3 Å². The van der Waals surface area contributed by atoms with Crippen molar-refractivity contribution < 1.29 is 24.2 Å². The molecule has 1 heterocycles. The zero-order valence-corrected chi connectivity index (χ0v) is 15.7. The first-order chi connectivity index (χ1) is 12.5. The van der Waals surface area contributed by atoms with E-state index in [1.165, 1.54) is 12.1 Å². The second kappa shape index (κ2) is 7.94. The predicted molar refractivity (Wildman–Crippen MR) is 99.8 cm³/mol. The number of rotatable bonds is 5. The highest BCUT2D eigenvalue weighted by molar-refractivity contribution is 5.95. The summed E-state index contributed by atoms with van der Waals surface area (Å²) in [6.45, 7) is 5.54. The van der Waals surface area contributed by atoms with E-state index >= 15 is 0 Å². The Morgan fingerprint density at radius 3 is 2.33 bits per heavy atom. The summed E-state index contributed by atoms with van der Waals surface area (Å²) in [6.07, 6.45) is 1.01. The fourth-order valence-corrected chi connectivity index (χ4v) is 2.32. The molecule has 0 aliphatic heterocycles. The van der Waals surface area contributed by atoms with Gasteiger partial charge in [-0.25, -0.2) is 9.59 Å². The van der Waals surface area contributed by atoms with Crippen LogP contribution in [0.5, 0.6) is 0 Å². The number of aryl methyl sites for hydroxylation is 1. The lowest BCUT2D eigenvalue weighted by molar-refractivity contribution is 0.0633. The molecule has 0 aliphatic rings. The largest absolute Gasteiger partial charge is 0.478 e. The van der Waals surface area contributed by atoms with E-state index in [1.54, 1.807) is 56.8 Å². The third kappa shape index (κ3) is 5.88. The fourth-order valence-electron chi connectivity index (χ4n) is 2.32. The van der Waals surface area contributed by atoms with Crippen LogP contribution in [-0.4, -0.2) is 33.2 Å². The van der Waals surface area contributed by atoms with E-state index in [0.717, 1.165) is 5.56 Å². The second-order valence-electron chi connectivity index (χ2n) is 7.04. The zero-order chi connectivity index (χ0) is 20.2. The molecule has 2 aromatic rings. The summed E-state index contributed by atoms with van der Waals surface area (Å²) in [5.41, 5.74) is 1.15. The zero-order valence-electron chi connectivity index (χ0n) is 15.7. The van der Waals surface area contributed by atoms with Crippen LogP contribution < -0.4 is 10.6 Å². The smallest absolute Gasteiger partial charge is 0.412 e. The van der Waals surface area contributed by atoms with Gasteiger partial charge in [0.2, 0.25) is 0 Å². The minimum Gasteiger partial charge on any atom is -0.478 e. The fraction of sp³-hybridized carbons (Fsp3) is 0.316. The highest BCUT2D eigenvalue weighted by Crippen LogP contribution is 2.15. The number of anilines is 1. The predicted octanol–water partition coefficient (Wildman–Crippen LogP) is 3.00. The number of amides is 2. The molecule has 2 amide bonds. The Labute approximate surface area is 157 Å². The molecule has 2 rings (SSSR count). The Morgan fingerprint density at radius 1 is 1.15 bits per heavy atom. The van der Waals surface area contributed by atoms with Gasteiger partial charge in [0.1, 0.15) is 11.3 Å². The maximum Gasteiger partial charge on any atom is 0.412 e. The van der Waals surface area contributed by atoms with E-state index in [-0.39, 0.29) is 18.0 Å². The molecule has 1 aromatic heterocycles. The minimum atomic E-state index is -1.00. The van der Waals surface area contributed by atoms with E-state index in [4.69, 9.17) is 9.84 Å². The van der Waals surface area contributed by atoms with Crippen LogP contribution in [0.2, 0.25) is 0 Å². The van der Waals surface area contributed by atoms with Gasteiger partial charge in [0.25, 0.3) is 5.91 Å². The highest BCUT2D eigenvalue weighted by Gasteiger charge is 2.18. The highest BCUT2D eigenvalue weighted by atomic mass is 16.6. The van der Waals surface area contributed by atoms with Crippen molar-refractivity contribution in [3.63, 3.8) is 0 Å². The van der Waals surface area contributed by atoms with E-state index in [9.17, 15) is 14.4 Å². The second-order valence-corrected chi connectivity index (χ2v) is 7.04. The van der Waals surface area contributed by atoms with Crippen LogP contribution in [0.4, 0.5) is 10.5 Å². The van der Waals surface area contributed by atoms with Crippen molar-refractivity contribution in [1.29, 1.82) is 0 Å². The third-order valence-corrected chi connectivity index (χ3v) is 3.54. The Kier molecular flexibility index (Phi) is 5.89. The Balaban J connectivity index is 1.97. The third-order valence-electron chi connectivity index (χ3n) is 3.54. The van der Waals surface area contributed by atoms with Crippen molar-refractivity contribution in [1.82, 2.24) is 9.88 Å². The molecule has 144 valence electrons. The van der Waals surface area contributed by atoms with E-state index in [1.807, 2.05) is 0 Å². The van der Waals surface area contributed by atoms with Crippen LogP contribution in [0.3, 0.4) is 0 Å². The molecule has 0 spiro atoms. The van der Waals surface area contributed by atoms with Gasteiger partial charge in [-0.1, -0.05) is 12.1 Å². The van der Waals surface area contributed by atoms with Gasteiger partial charge in [0, 0.05) is 19.8 Å². The molecule has 0 saturated carbocycles. The van der Waals surface area contributed by atoms with Crippen molar-refractivity contribution in [2.75, 3.05) is 5.32 Å². The van der Waals surface area contributed by atoms with Crippen molar-refractivity contribution in [3.05, 3.63) is 53.3 Å². The molecule has 1 aromatic carbocycles. The van der Waals surface area contributed by atoms with Gasteiger partial charge in [0.15, 0.2) is 0 Å². The van der Waals surface area contributed by atoms with E-state index in [0.29, 0.717) is 11.4 Å². The van der Waals surface area contributed by atoms with Crippen LogP contribution in [0.15, 0.2) is 36.5 Å². The van der Waals surface area contributed by atoms with Crippen molar-refractivity contribution in [2.24, 2.45) is 7.05 Å². The number of benzene rings is 1. The van der Waals surface area contributed by atoms with E-state index in [2.05, 4.69) is 10.6 Å². The first-order valence-corrected chi connectivity index (χ1v) is 8.32. The number of carboxylic acid groups (broad SMARTS) is 1. The number of carbonyl (C=O) groups is 3. The Bertz CT molecular complexity index is 847. The first kappa shape index (κ1) is 20.0. The van der Waals surface area contributed by atoms with Gasteiger partial charge in [-0.15, -0.1) is 0 Å². The maximum absolute atomic E-state index is 12.4. The molecule has 3 N–H and O–H groups in total. The number of ether oxygens (including phenoxy) is 1. The standard InChI is InChI=1S/C19H23N3O5/c1-19(2,3)27-18(26)21-14-9-15(22(4)11-14)16(23)20-10-12-5-7-13(8-6-12)17(24)25/h5-9,11H,10H2,1-4H3,(H,20,23)(H,21,26)(H,24,25). The monoisotopic (exact) mass is 373 g/mol. The molecule has 8 nitrogen and oxygen atoms in total. The molecule has 27 heavy (non-hydrogen) atoms. The SMILES string of the molecule is Cn1cc(NC(=O)OC(C)(C)C)cc1C(=O)NCc1ccc(C(=O)O)cc1. The Morgan fingerprint density at radius 2 is 1.78 bits per heavy atom.